The second kappa shape index (κ2) is 8.61. The maximum absolute atomic E-state index is 14.0. The average Bonchev–Trinajstić information content (AvgIpc) is 3.42. The van der Waals surface area contributed by atoms with Crippen LogP contribution in [0.3, 0.4) is 0 Å². The van der Waals surface area contributed by atoms with Gasteiger partial charge in [-0.15, -0.1) is 0 Å². The second-order valence-corrected chi connectivity index (χ2v) is 12.8. The summed E-state index contributed by atoms with van der Waals surface area (Å²) >= 11 is 0. The van der Waals surface area contributed by atoms with E-state index in [1.165, 1.54) is 0 Å². The molecule has 10 nitrogen and oxygen atoms in total. The van der Waals surface area contributed by atoms with Crippen LogP contribution in [0.5, 0.6) is 0 Å². The minimum absolute atomic E-state index is 0.0342. The summed E-state index contributed by atoms with van der Waals surface area (Å²) in [5.41, 5.74) is 3.18. The summed E-state index contributed by atoms with van der Waals surface area (Å²) in [5, 5.41) is 2.76. The summed E-state index contributed by atoms with van der Waals surface area (Å²) in [4.78, 5) is 12.4. The maximum atomic E-state index is 14.0. The average molecular weight is 517 g/mol. The molecular formula is C23H28N6O4S2. The van der Waals surface area contributed by atoms with Crippen LogP contribution < -0.4 is 9.73 Å². The quantitative estimate of drug-likeness (QED) is 0.402. The van der Waals surface area contributed by atoms with Crippen LogP contribution in [0.15, 0.2) is 46.7 Å². The molecule has 1 fully saturated rings. The molecule has 0 atom stereocenters. The predicted molar refractivity (Wildman–Crippen MR) is 134 cm³/mol. The van der Waals surface area contributed by atoms with Crippen LogP contribution in [0.1, 0.15) is 24.0 Å². The first-order chi connectivity index (χ1) is 16.6. The minimum Gasteiger partial charge on any atom is -0.346 e. The van der Waals surface area contributed by atoms with Crippen LogP contribution >= 0.6 is 0 Å². The summed E-state index contributed by atoms with van der Waals surface area (Å²) < 4.78 is 55.4. The zero-order chi connectivity index (χ0) is 25.0. The fraction of sp³-hybridized carbons (Fsp3) is 0.391. The molecule has 12 heteroatoms. The van der Waals surface area contributed by atoms with E-state index in [-0.39, 0.29) is 16.0 Å². The lowest BCUT2D eigenvalue weighted by atomic mass is 9.98. The van der Waals surface area contributed by atoms with Crippen molar-refractivity contribution in [1.82, 2.24) is 24.4 Å². The van der Waals surface area contributed by atoms with E-state index in [0.29, 0.717) is 60.3 Å². The summed E-state index contributed by atoms with van der Waals surface area (Å²) in [6.45, 7) is 5.07. The Balaban J connectivity index is 1.63. The van der Waals surface area contributed by atoms with E-state index >= 15 is 0 Å². The molecule has 0 saturated carbocycles. The van der Waals surface area contributed by atoms with Gasteiger partial charge in [0.1, 0.15) is 16.7 Å². The third kappa shape index (κ3) is 4.30. The number of benzene rings is 1. The summed E-state index contributed by atoms with van der Waals surface area (Å²) in [7, 11) is -7.22. The fourth-order valence-corrected chi connectivity index (χ4v) is 7.23. The number of hydrogen-bond donors (Lipinski definition) is 2. The number of aromatic nitrogens is 4. The molecule has 1 aliphatic rings. The van der Waals surface area contributed by atoms with Gasteiger partial charge in [0, 0.05) is 31.2 Å². The molecule has 2 N–H and O–H groups in total. The zero-order valence-corrected chi connectivity index (χ0v) is 21.4. The van der Waals surface area contributed by atoms with Crippen molar-refractivity contribution in [2.45, 2.75) is 36.7 Å². The second-order valence-electron chi connectivity index (χ2n) is 9.18. The Morgan fingerprint density at radius 3 is 2.43 bits per heavy atom. The van der Waals surface area contributed by atoms with E-state index in [1.807, 2.05) is 17.1 Å². The smallest absolute Gasteiger partial charge is 0.252 e. The number of nitrogens with one attached hydrogen (secondary N) is 2. The van der Waals surface area contributed by atoms with Crippen molar-refractivity contribution in [1.29, 1.82) is 0 Å². The molecule has 1 saturated heterocycles. The van der Waals surface area contributed by atoms with Gasteiger partial charge in [0.25, 0.3) is 5.16 Å². The Morgan fingerprint density at radius 1 is 1.09 bits per heavy atom. The normalized spacial score (nSPS) is 15.9. The molecule has 0 aliphatic carbocycles. The van der Waals surface area contributed by atoms with Crippen molar-refractivity contribution < 1.29 is 16.8 Å². The third-order valence-electron chi connectivity index (χ3n) is 6.57. The van der Waals surface area contributed by atoms with Crippen molar-refractivity contribution in [2.75, 3.05) is 30.9 Å². The van der Waals surface area contributed by atoms with Gasteiger partial charge in [0.05, 0.1) is 17.3 Å². The Bertz CT molecular complexity index is 1610. The van der Waals surface area contributed by atoms with Crippen LogP contribution in [-0.4, -0.2) is 62.4 Å². The van der Waals surface area contributed by atoms with Crippen LogP contribution in [-0.2, 0) is 19.9 Å². The number of hydrogen-bond acceptors (Lipinski definition) is 7. The first-order valence-electron chi connectivity index (χ1n) is 11.4. The number of fused-ring (bicyclic) bond motifs is 3. The van der Waals surface area contributed by atoms with Crippen LogP contribution in [0.25, 0.3) is 22.1 Å². The predicted octanol–water partition coefficient (Wildman–Crippen LogP) is 2.26. The van der Waals surface area contributed by atoms with E-state index in [0.717, 1.165) is 11.6 Å². The molecule has 1 aliphatic heterocycles. The van der Waals surface area contributed by atoms with Gasteiger partial charge in [-0.25, -0.2) is 36.2 Å². The van der Waals surface area contributed by atoms with E-state index in [4.69, 9.17) is 0 Å². The highest BCUT2D eigenvalue weighted by Gasteiger charge is 2.33. The number of piperidine rings is 1. The number of aromatic amines is 1. The molecule has 5 rings (SSSR count). The van der Waals surface area contributed by atoms with Gasteiger partial charge in [-0.2, -0.15) is 0 Å². The van der Waals surface area contributed by atoms with Crippen molar-refractivity contribution in [2.24, 2.45) is 5.92 Å². The molecule has 1 aromatic carbocycles. The number of sulfonamides is 1. The highest BCUT2D eigenvalue weighted by Crippen LogP contribution is 2.33. The van der Waals surface area contributed by atoms with Crippen LogP contribution in [0.4, 0.5) is 0 Å². The van der Waals surface area contributed by atoms with E-state index in [2.05, 4.69) is 19.7 Å². The largest absolute Gasteiger partial charge is 0.346 e. The Kier molecular flexibility index (Phi) is 5.85. The number of nitrogens with zero attached hydrogens (tertiary/aromatic N) is 4. The highest BCUT2D eigenvalue weighted by molar-refractivity contribution is 7.91. The first kappa shape index (κ1) is 23.8. The molecule has 0 bridgehead atoms. The van der Waals surface area contributed by atoms with Gasteiger partial charge in [-0.1, -0.05) is 18.2 Å². The van der Waals surface area contributed by atoms with Gasteiger partial charge in [0.2, 0.25) is 19.9 Å². The van der Waals surface area contributed by atoms with Crippen molar-refractivity contribution in [3.05, 3.63) is 47.8 Å². The van der Waals surface area contributed by atoms with Crippen LogP contribution in [0.2, 0.25) is 0 Å². The van der Waals surface area contributed by atoms with Gasteiger partial charge < -0.3 is 9.99 Å². The van der Waals surface area contributed by atoms with E-state index in [1.54, 1.807) is 43.0 Å². The SMILES string of the molecule is Cc1cccc(C)c1S(=O)(=O)c1nc2cnc3[nH]ccc3c2n1N1CCC(CNS(C)(=O)=O)CC1. The molecule has 3 aromatic heterocycles. The standard InChI is InChI=1S/C23H28N6O4S2/c1-15-5-4-6-16(2)21(15)35(32,33)23-27-19-14-25-22-18(7-10-24-22)20(19)29(23)28-11-8-17(9-12-28)13-26-34(3,30)31/h4-7,10,14,17,26H,8-9,11-13H2,1-3H3,(H,24,25). The Labute approximate surface area is 204 Å². The minimum atomic E-state index is -3.96. The first-order valence-corrected chi connectivity index (χ1v) is 14.8. The lowest BCUT2D eigenvalue weighted by Crippen LogP contribution is -2.45. The molecule has 4 aromatic rings. The van der Waals surface area contributed by atoms with Crippen molar-refractivity contribution in [3.63, 3.8) is 0 Å². The zero-order valence-electron chi connectivity index (χ0n) is 19.8. The van der Waals surface area contributed by atoms with Gasteiger partial charge in [-0.3, -0.25) is 0 Å². The maximum Gasteiger partial charge on any atom is 0.252 e. The van der Waals surface area contributed by atoms with Crippen LogP contribution in [0, 0.1) is 19.8 Å². The number of sulfone groups is 1. The van der Waals surface area contributed by atoms with Gasteiger partial charge in [-0.05, 0) is 49.8 Å². The molecule has 0 radical (unpaired) electrons. The fourth-order valence-electron chi connectivity index (χ4n) is 4.88. The van der Waals surface area contributed by atoms with Crippen molar-refractivity contribution in [3.8, 4) is 0 Å². The molecule has 0 spiro atoms. The van der Waals surface area contributed by atoms with Gasteiger partial charge >= 0.3 is 0 Å². The number of imidazole rings is 1. The summed E-state index contributed by atoms with van der Waals surface area (Å²) in [6.07, 6.45) is 5.95. The lowest BCUT2D eigenvalue weighted by Gasteiger charge is -2.35. The van der Waals surface area contributed by atoms with Crippen molar-refractivity contribution >= 4 is 41.9 Å². The lowest BCUT2D eigenvalue weighted by molar-refractivity contribution is 0.356. The van der Waals surface area contributed by atoms with E-state index in [9.17, 15) is 16.8 Å². The summed E-state index contributed by atoms with van der Waals surface area (Å²) in [6, 6.07) is 7.30. The highest BCUT2D eigenvalue weighted by atomic mass is 32.2. The van der Waals surface area contributed by atoms with E-state index < -0.39 is 19.9 Å². The van der Waals surface area contributed by atoms with Gasteiger partial charge in [0.15, 0.2) is 0 Å². The molecule has 0 amide bonds. The number of rotatable bonds is 6. The number of H-pyrrole nitrogens is 1. The Morgan fingerprint density at radius 2 is 1.77 bits per heavy atom. The topological polar surface area (TPSA) is 130 Å². The molecule has 186 valence electrons. The summed E-state index contributed by atoms with van der Waals surface area (Å²) in [5.74, 6) is 0.170. The number of aryl methyl sites for hydroxylation is 2. The molecule has 0 unspecified atom stereocenters. The monoisotopic (exact) mass is 516 g/mol. The molecule has 4 heterocycles. The number of pyridine rings is 1. The third-order valence-corrected chi connectivity index (χ3v) is 9.19. The molecular weight excluding hydrogens is 488 g/mol. The molecule has 35 heavy (non-hydrogen) atoms. The Hall–Kier alpha value is -2.96.